The molecule has 30 heavy (non-hydrogen) atoms. The molecule has 9 heteroatoms. The van der Waals surface area contributed by atoms with E-state index in [0.717, 1.165) is 0 Å². The molecule has 2 aliphatic carbocycles. The fourth-order valence-electron chi connectivity index (χ4n) is 4.99. The minimum Gasteiger partial charge on any atom is -0.481 e. The van der Waals surface area contributed by atoms with Gasteiger partial charge < -0.3 is 19.7 Å². The van der Waals surface area contributed by atoms with Gasteiger partial charge in [-0.15, -0.1) is 0 Å². The molecule has 2 N–H and O–H groups in total. The van der Waals surface area contributed by atoms with Crippen molar-refractivity contribution in [3.63, 3.8) is 0 Å². The lowest BCUT2D eigenvalue weighted by Gasteiger charge is -2.38. The molecule has 2 aliphatic rings. The molecule has 2 rings (SSSR count). The SMILES string of the molecule is CC1(C)[C@H](C(=O)O)CC[C@]1(C)C(=O)OC(=O)OC(=O)[C@@]1(C)CC[C@@H](C(=O)O)C1(C)C. The molecular weight excluding hydrogens is 396 g/mol. The van der Waals surface area contributed by atoms with E-state index in [1.807, 2.05) is 0 Å². The van der Waals surface area contributed by atoms with Gasteiger partial charge in [0.25, 0.3) is 0 Å². The molecule has 2 fully saturated rings. The molecule has 0 aromatic rings. The Morgan fingerprint density at radius 3 is 1.20 bits per heavy atom. The highest BCUT2D eigenvalue weighted by atomic mass is 16.8. The molecule has 0 heterocycles. The van der Waals surface area contributed by atoms with Crippen molar-refractivity contribution in [1.29, 1.82) is 0 Å². The summed E-state index contributed by atoms with van der Waals surface area (Å²) in [6.07, 6.45) is -0.559. The van der Waals surface area contributed by atoms with Gasteiger partial charge in [-0.05, 0) is 50.4 Å². The van der Waals surface area contributed by atoms with Gasteiger partial charge in [-0.3, -0.25) is 19.2 Å². The van der Waals surface area contributed by atoms with Crippen LogP contribution in [0.25, 0.3) is 0 Å². The van der Waals surface area contributed by atoms with E-state index < -0.39 is 63.5 Å². The Morgan fingerprint density at radius 1 is 0.667 bits per heavy atom. The molecule has 0 unspecified atom stereocenters. The lowest BCUT2D eigenvalue weighted by atomic mass is 9.65. The molecule has 0 amide bonds. The van der Waals surface area contributed by atoms with E-state index in [2.05, 4.69) is 0 Å². The third-order valence-electron chi connectivity index (χ3n) is 8.30. The van der Waals surface area contributed by atoms with E-state index in [4.69, 9.17) is 9.47 Å². The minimum atomic E-state index is -1.49. The number of carboxylic acid groups (broad SMARTS) is 2. The second kappa shape index (κ2) is 7.35. The van der Waals surface area contributed by atoms with Gasteiger partial charge in [0.15, 0.2) is 0 Å². The Kier molecular flexibility index (Phi) is 5.84. The zero-order valence-corrected chi connectivity index (χ0v) is 18.2. The molecule has 0 aromatic carbocycles. The zero-order valence-electron chi connectivity index (χ0n) is 18.2. The van der Waals surface area contributed by atoms with Crippen LogP contribution >= 0.6 is 0 Å². The van der Waals surface area contributed by atoms with Crippen molar-refractivity contribution in [1.82, 2.24) is 0 Å². The van der Waals surface area contributed by atoms with Crippen LogP contribution < -0.4 is 0 Å². The summed E-state index contributed by atoms with van der Waals surface area (Å²) in [6, 6.07) is 0. The smallest absolute Gasteiger partial charge is 0.481 e. The largest absolute Gasteiger partial charge is 0.524 e. The normalized spacial score (nSPS) is 34.2. The lowest BCUT2D eigenvalue weighted by molar-refractivity contribution is -0.165. The van der Waals surface area contributed by atoms with Crippen molar-refractivity contribution in [2.24, 2.45) is 33.5 Å². The lowest BCUT2D eigenvalue weighted by Crippen LogP contribution is -2.46. The number of ether oxygens (including phenoxy) is 2. The molecule has 0 spiro atoms. The predicted octanol–water partition coefficient (Wildman–Crippen LogP) is 3.25. The van der Waals surface area contributed by atoms with Gasteiger partial charge in [0, 0.05) is 0 Å². The summed E-state index contributed by atoms with van der Waals surface area (Å²) in [6.45, 7) is 9.59. The maximum Gasteiger partial charge on any atom is 0.524 e. The maximum absolute atomic E-state index is 12.7. The average molecular weight is 426 g/mol. The standard InChI is InChI=1S/C21H30O9/c1-18(2)11(13(22)23)7-9-20(18,5)15(26)29-17(28)30-16(27)21(6)10-8-12(14(24)25)19(21,3)4/h11-12H,7-10H2,1-6H3,(H,22,23)(H,24,25)/t11-,12-,20+,21+/m0/s1. The Balaban J connectivity index is 2.11. The summed E-state index contributed by atoms with van der Waals surface area (Å²) in [5.74, 6) is -5.52. The second-order valence-electron chi connectivity index (χ2n) is 10.00. The zero-order chi connectivity index (χ0) is 23.3. The summed E-state index contributed by atoms with van der Waals surface area (Å²) in [5.41, 5.74) is -4.45. The van der Waals surface area contributed by atoms with Crippen LogP contribution in [0.4, 0.5) is 4.79 Å². The molecule has 4 atom stereocenters. The van der Waals surface area contributed by atoms with Crippen LogP contribution in [0.2, 0.25) is 0 Å². The van der Waals surface area contributed by atoms with Gasteiger partial charge >= 0.3 is 30.0 Å². The highest BCUT2D eigenvalue weighted by molar-refractivity contribution is 5.93. The fraction of sp³-hybridized carbons (Fsp3) is 0.762. The number of hydrogen-bond donors (Lipinski definition) is 2. The highest BCUT2D eigenvalue weighted by Gasteiger charge is 2.61. The quantitative estimate of drug-likeness (QED) is 0.511. The van der Waals surface area contributed by atoms with Crippen molar-refractivity contribution in [3.8, 4) is 0 Å². The first kappa shape index (κ1) is 23.8. The summed E-state index contributed by atoms with van der Waals surface area (Å²) >= 11 is 0. The first-order chi connectivity index (χ1) is 13.5. The molecular formula is C21H30O9. The van der Waals surface area contributed by atoms with Crippen LogP contribution in [0, 0.1) is 33.5 Å². The Hall–Kier alpha value is -2.45. The van der Waals surface area contributed by atoms with Crippen molar-refractivity contribution in [3.05, 3.63) is 0 Å². The van der Waals surface area contributed by atoms with Gasteiger partial charge in [-0.1, -0.05) is 27.7 Å². The first-order valence-electron chi connectivity index (χ1n) is 9.96. The summed E-state index contributed by atoms with van der Waals surface area (Å²) < 4.78 is 9.58. The minimum absolute atomic E-state index is 0.210. The third-order valence-corrected chi connectivity index (χ3v) is 8.30. The highest BCUT2D eigenvalue weighted by Crippen LogP contribution is 2.58. The van der Waals surface area contributed by atoms with Gasteiger partial charge in [0.2, 0.25) is 0 Å². The van der Waals surface area contributed by atoms with Gasteiger partial charge in [-0.25, -0.2) is 4.79 Å². The monoisotopic (exact) mass is 426 g/mol. The van der Waals surface area contributed by atoms with E-state index in [9.17, 15) is 34.2 Å². The number of carboxylic acids is 2. The summed E-state index contributed by atoms with van der Waals surface area (Å²) in [5, 5.41) is 18.8. The van der Waals surface area contributed by atoms with Crippen LogP contribution in [-0.4, -0.2) is 40.2 Å². The van der Waals surface area contributed by atoms with Crippen molar-refractivity contribution >= 4 is 30.0 Å². The Morgan fingerprint density at radius 2 is 0.967 bits per heavy atom. The second-order valence-corrected chi connectivity index (χ2v) is 10.00. The van der Waals surface area contributed by atoms with Gasteiger partial charge in [0.05, 0.1) is 22.7 Å². The van der Waals surface area contributed by atoms with Crippen LogP contribution in [0.5, 0.6) is 0 Å². The number of hydrogen-bond acceptors (Lipinski definition) is 7. The number of carbonyl (C=O) groups excluding carboxylic acids is 3. The molecule has 168 valence electrons. The Bertz CT molecular complexity index is 732. The topological polar surface area (TPSA) is 144 Å². The maximum atomic E-state index is 12.7. The molecule has 0 bridgehead atoms. The fourth-order valence-corrected chi connectivity index (χ4v) is 4.99. The summed E-state index contributed by atoms with van der Waals surface area (Å²) in [4.78, 5) is 60.6. The van der Waals surface area contributed by atoms with Gasteiger partial charge in [-0.2, -0.15) is 0 Å². The van der Waals surface area contributed by atoms with Crippen molar-refractivity contribution < 1.29 is 43.7 Å². The average Bonchev–Trinajstić information content (AvgIpc) is 2.98. The number of esters is 2. The van der Waals surface area contributed by atoms with Crippen LogP contribution in [0.15, 0.2) is 0 Å². The molecule has 0 radical (unpaired) electrons. The summed E-state index contributed by atoms with van der Waals surface area (Å²) in [7, 11) is 0. The van der Waals surface area contributed by atoms with E-state index in [0.29, 0.717) is 0 Å². The molecule has 0 aliphatic heterocycles. The Labute approximate surface area is 175 Å². The predicted molar refractivity (Wildman–Crippen MR) is 102 cm³/mol. The van der Waals surface area contributed by atoms with Crippen molar-refractivity contribution in [2.45, 2.75) is 67.2 Å². The number of aliphatic carboxylic acids is 2. The van der Waals surface area contributed by atoms with Crippen LogP contribution in [-0.2, 0) is 28.7 Å². The number of rotatable bonds is 4. The number of carbonyl (C=O) groups is 5. The molecule has 9 nitrogen and oxygen atoms in total. The van der Waals surface area contributed by atoms with E-state index in [1.165, 1.54) is 13.8 Å². The van der Waals surface area contributed by atoms with E-state index in [-0.39, 0.29) is 25.7 Å². The van der Waals surface area contributed by atoms with Crippen molar-refractivity contribution in [2.75, 3.05) is 0 Å². The van der Waals surface area contributed by atoms with Gasteiger partial charge in [0.1, 0.15) is 0 Å². The van der Waals surface area contributed by atoms with Crippen LogP contribution in [0.1, 0.15) is 67.2 Å². The van der Waals surface area contributed by atoms with Crippen LogP contribution in [0.3, 0.4) is 0 Å². The molecule has 2 saturated carbocycles. The molecule has 0 aromatic heterocycles. The third kappa shape index (κ3) is 3.37. The molecule has 0 saturated heterocycles. The van der Waals surface area contributed by atoms with E-state index in [1.54, 1.807) is 27.7 Å². The van der Waals surface area contributed by atoms with E-state index >= 15 is 0 Å². The first-order valence-corrected chi connectivity index (χ1v) is 9.96.